The van der Waals surface area contributed by atoms with Gasteiger partial charge in [-0.1, -0.05) is 12.1 Å². The van der Waals surface area contributed by atoms with E-state index in [1.165, 1.54) is 17.7 Å². The molecule has 2 aliphatic heterocycles. The Bertz CT molecular complexity index is 460. The fourth-order valence-corrected chi connectivity index (χ4v) is 3.14. The third-order valence-electron chi connectivity index (χ3n) is 4.35. The maximum absolute atomic E-state index is 12.9. The van der Waals surface area contributed by atoms with Crippen molar-refractivity contribution in [3.05, 3.63) is 35.6 Å². The minimum absolute atomic E-state index is 0.153. The average molecular weight is 277 g/mol. The largest absolute Gasteiger partial charge is 0.368 e. The lowest BCUT2D eigenvalue weighted by Crippen LogP contribution is -2.43. The van der Waals surface area contributed by atoms with E-state index >= 15 is 0 Å². The Morgan fingerprint density at radius 1 is 1.15 bits per heavy atom. The van der Waals surface area contributed by atoms with Crippen molar-refractivity contribution < 1.29 is 13.9 Å². The lowest BCUT2D eigenvalue weighted by atomic mass is 9.89. The van der Waals surface area contributed by atoms with Crippen LogP contribution in [-0.4, -0.2) is 36.6 Å². The molecular weight excluding hydrogens is 257 g/mol. The minimum atomic E-state index is -0.211. The van der Waals surface area contributed by atoms with E-state index in [0.717, 1.165) is 38.8 Å². The SMILES string of the molecule is O=C([C@@H]1CCCO1)N1CCC(c2ccc(F)cc2)CC1. The Labute approximate surface area is 118 Å². The van der Waals surface area contributed by atoms with Crippen molar-refractivity contribution in [3.63, 3.8) is 0 Å². The number of carbonyl (C=O) groups is 1. The van der Waals surface area contributed by atoms with Crippen molar-refractivity contribution in [1.29, 1.82) is 0 Å². The number of amides is 1. The zero-order chi connectivity index (χ0) is 13.9. The molecule has 1 amide bonds. The van der Waals surface area contributed by atoms with Gasteiger partial charge in [0.15, 0.2) is 0 Å². The predicted molar refractivity (Wildman–Crippen MR) is 73.9 cm³/mol. The summed E-state index contributed by atoms with van der Waals surface area (Å²) in [5.74, 6) is 0.393. The van der Waals surface area contributed by atoms with Crippen molar-refractivity contribution in [1.82, 2.24) is 4.90 Å². The molecular formula is C16H20FNO2. The normalized spacial score (nSPS) is 24.1. The van der Waals surface area contributed by atoms with Gasteiger partial charge >= 0.3 is 0 Å². The second-order valence-electron chi connectivity index (χ2n) is 5.65. The monoisotopic (exact) mass is 277 g/mol. The van der Waals surface area contributed by atoms with E-state index in [0.29, 0.717) is 12.5 Å². The first-order chi connectivity index (χ1) is 9.74. The van der Waals surface area contributed by atoms with Crippen LogP contribution in [0.25, 0.3) is 0 Å². The van der Waals surface area contributed by atoms with Crippen LogP contribution in [0.15, 0.2) is 24.3 Å². The van der Waals surface area contributed by atoms with E-state index < -0.39 is 0 Å². The standard InChI is InChI=1S/C16H20FNO2/c17-14-5-3-12(4-6-14)13-7-9-18(10-8-13)16(19)15-2-1-11-20-15/h3-6,13,15H,1-2,7-11H2/t15-/m0/s1. The first kappa shape index (κ1) is 13.6. The molecule has 2 saturated heterocycles. The zero-order valence-corrected chi connectivity index (χ0v) is 11.6. The molecule has 2 heterocycles. The molecule has 20 heavy (non-hydrogen) atoms. The number of hydrogen-bond donors (Lipinski definition) is 0. The molecule has 3 nitrogen and oxygen atoms in total. The maximum Gasteiger partial charge on any atom is 0.251 e. The van der Waals surface area contributed by atoms with Gasteiger partial charge in [0.1, 0.15) is 11.9 Å². The highest BCUT2D eigenvalue weighted by atomic mass is 19.1. The Morgan fingerprint density at radius 3 is 2.45 bits per heavy atom. The summed E-state index contributed by atoms with van der Waals surface area (Å²) < 4.78 is 18.4. The molecule has 0 saturated carbocycles. The molecule has 0 unspecified atom stereocenters. The molecule has 108 valence electrons. The highest BCUT2D eigenvalue weighted by molar-refractivity contribution is 5.81. The van der Waals surface area contributed by atoms with Gasteiger partial charge in [-0.3, -0.25) is 4.79 Å². The third kappa shape index (κ3) is 2.85. The Morgan fingerprint density at radius 2 is 1.85 bits per heavy atom. The van der Waals surface area contributed by atoms with Gasteiger partial charge in [-0.25, -0.2) is 4.39 Å². The van der Waals surface area contributed by atoms with Crippen LogP contribution in [-0.2, 0) is 9.53 Å². The molecule has 0 N–H and O–H groups in total. The number of halogens is 1. The first-order valence-corrected chi connectivity index (χ1v) is 7.40. The van der Waals surface area contributed by atoms with E-state index in [4.69, 9.17) is 4.74 Å². The van der Waals surface area contributed by atoms with Gasteiger partial charge in [0.25, 0.3) is 5.91 Å². The maximum atomic E-state index is 12.9. The van der Waals surface area contributed by atoms with Gasteiger partial charge in [-0.05, 0) is 49.3 Å². The number of hydrogen-bond acceptors (Lipinski definition) is 2. The molecule has 3 rings (SSSR count). The molecule has 1 atom stereocenters. The van der Waals surface area contributed by atoms with E-state index in [1.54, 1.807) is 0 Å². The summed E-state index contributed by atoms with van der Waals surface area (Å²) in [6, 6.07) is 6.74. The quantitative estimate of drug-likeness (QED) is 0.832. The summed E-state index contributed by atoms with van der Waals surface area (Å²) in [5, 5.41) is 0. The highest BCUT2D eigenvalue weighted by Gasteiger charge is 2.31. The van der Waals surface area contributed by atoms with E-state index in [-0.39, 0.29) is 17.8 Å². The van der Waals surface area contributed by atoms with Crippen LogP contribution < -0.4 is 0 Å². The van der Waals surface area contributed by atoms with Crippen molar-refractivity contribution in [2.24, 2.45) is 0 Å². The lowest BCUT2D eigenvalue weighted by molar-refractivity contribution is -0.142. The molecule has 0 aromatic heterocycles. The molecule has 4 heteroatoms. The number of likely N-dealkylation sites (tertiary alicyclic amines) is 1. The zero-order valence-electron chi connectivity index (χ0n) is 11.6. The number of rotatable bonds is 2. The molecule has 1 aromatic rings. The molecule has 2 fully saturated rings. The second kappa shape index (κ2) is 5.92. The summed E-state index contributed by atoms with van der Waals surface area (Å²) in [4.78, 5) is 14.2. The second-order valence-corrected chi connectivity index (χ2v) is 5.65. The van der Waals surface area contributed by atoms with Gasteiger partial charge in [-0.15, -0.1) is 0 Å². The lowest BCUT2D eigenvalue weighted by Gasteiger charge is -2.33. The number of nitrogens with zero attached hydrogens (tertiary/aromatic N) is 1. The van der Waals surface area contributed by atoms with Gasteiger partial charge in [0, 0.05) is 19.7 Å². The van der Waals surface area contributed by atoms with Crippen molar-refractivity contribution in [3.8, 4) is 0 Å². The Hall–Kier alpha value is -1.42. The van der Waals surface area contributed by atoms with Crippen molar-refractivity contribution >= 4 is 5.91 Å². The predicted octanol–water partition coefficient (Wildman–Crippen LogP) is 2.71. The number of piperidine rings is 1. The van der Waals surface area contributed by atoms with E-state index in [1.807, 2.05) is 17.0 Å². The van der Waals surface area contributed by atoms with E-state index in [2.05, 4.69) is 0 Å². The summed E-state index contributed by atoms with van der Waals surface area (Å²) in [5.41, 5.74) is 1.18. The third-order valence-corrected chi connectivity index (χ3v) is 4.35. The molecule has 1 aromatic carbocycles. The highest BCUT2D eigenvalue weighted by Crippen LogP contribution is 2.29. The topological polar surface area (TPSA) is 29.5 Å². The molecule has 0 bridgehead atoms. The van der Waals surface area contributed by atoms with Crippen LogP contribution >= 0.6 is 0 Å². The van der Waals surface area contributed by atoms with E-state index in [9.17, 15) is 9.18 Å². The van der Waals surface area contributed by atoms with Crippen molar-refractivity contribution in [2.45, 2.75) is 37.7 Å². The summed E-state index contributed by atoms with van der Waals surface area (Å²) in [6.45, 7) is 2.27. The molecule has 2 aliphatic rings. The fourth-order valence-electron chi connectivity index (χ4n) is 3.14. The minimum Gasteiger partial charge on any atom is -0.368 e. The number of ether oxygens (including phenoxy) is 1. The smallest absolute Gasteiger partial charge is 0.251 e. The number of carbonyl (C=O) groups excluding carboxylic acids is 1. The van der Waals surface area contributed by atoms with Gasteiger partial charge < -0.3 is 9.64 Å². The van der Waals surface area contributed by atoms with Crippen LogP contribution in [0.1, 0.15) is 37.2 Å². The Kier molecular flexibility index (Phi) is 4.01. The van der Waals surface area contributed by atoms with Crippen LogP contribution in [0.4, 0.5) is 4.39 Å². The number of benzene rings is 1. The summed E-state index contributed by atoms with van der Waals surface area (Å²) in [7, 11) is 0. The van der Waals surface area contributed by atoms with Gasteiger partial charge in [0.2, 0.25) is 0 Å². The fraction of sp³-hybridized carbons (Fsp3) is 0.562. The molecule has 0 spiro atoms. The van der Waals surface area contributed by atoms with Crippen molar-refractivity contribution in [2.75, 3.05) is 19.7 Å². The van der Waals surface area contributed by atoms with Crippen LogP contribution in [0.2, 0.25) is 0 Å². The molecule has 0 aliphatic carbocycles. The van der Waals surface area contributed by atoms with Crippen LogP contribution in [0, 0.1) is 5.82 Å². The average Bonchev–Trinajstić information content (AvgIpc) is 3.02. The summed E-state index contributed by atoms with van der Waals surface area (Å²) in [6.07, 6.45) is 3.53. The molecule has 0 radical (unpaired) electrons. The Balaban J connectivity index is 1.56. The van der Waals surface area contributed by atoms with Gasteiger partial charge in [0.05, 0.1) is 0 Å². The van der Waals surface area contributed by atoms with Gasteiger partial charge in [-0.2, -0.15) is 0 Å². The van der Waals surface area contributed by atoms with Crippen LogP contribution in [0.3, 0.4) is 0 Å². The first-order valence-electron chi connectivity index (χ1n) is 7.40. The van der Waals surface area contributed by atoms with Crippen LogP contribution in [0.5, 0.6) is 0 Å². The summed E-state index contributed by atoms with van der Waals surface area (Å²) >= 11 is 0.